The zero-order valence-electron chi connectivity index (χ0n) is 13.8. The molecule has 3 heterocycles. The van der Waals surface area contributed by atoms with E-state index in [0.29, 0.717) is 37.1 Å². The standard InChI is InChI=1S/C17H22N4O2/c1-4-23-16-12(6-5-8-18-16)17(22)21-9-7-14-13(10-21)15(11(2)3)20-19-14/h5-6,8,11H,4,7,9-10H2,1-3H3,(H,19,20). The second-order valence-electron chi connectivity index (χ2n) is 5.99. The molecular formula is C17H22N4O2. The Morgan fingerprint density at radius 3 is 3.04 bits per heavy atom. The van der Waals surface area contributed by atoms with Crippen LogP contribution in [0.15, 0.2) is 18.3 Å². The number of H-pyrrole nitrogens is 1. The number of rotatable bonds is 4. The quantitative estimate of drug-likeness (QED) is 0.941. The number of aromatic nitrogens is 3. The summed E-state index contributed by atoms with van der Waals surface area (Å²) in [5.74, 6) is 0.701. The highest BCUT2D eigenvalue weighted by Crippen LogP contribution is 2.27. The van der Waals surface area contributed by atoms with E-state index < -0.39 is 0 Å². The van der Waals surface area contributed by atoms with Gasteiger partial charge in [-0.2, -0.15) is 5.10 Å². The lowest BCUT2D eigenvalue weighted by Gasteiger charge is -2.28. The summed E-state index contributed by atoms with van der Waals surface area (Å²) in [6.45, 7) is 7.86. The van der Waals surface area contributed by atoms with Gasteiger partial charge in [0.15, 0.2) is 0 Å². The van der Waals surface area contributed by atoms with Gasteiger partial charge in [0, 0.05) is 37.0 Å². The third-order valence-electron chi connectivity index (χ3n) is 4.08. The van der Waals surface area contributed by atoms with Gasteiger partial charge in [0.2, 0.25) is 5.88 Å². The smallest absolute Gasteiger partial charge is 0.259 e. The van der Waals surface area contributed by atoms with Crippen LogP contribution in [-0.4, -0.2) is 39.1 Å². The summed E-state index contributed by atoms with van der Waals surface area (Å²) < 4.78 is 5.49. The molecule has 0 aromatic carbocycles. The van der Waals surface area contributed by atoms with Crippen LogP contribution in [0.5, 0.6) is 5.88 Å². The minimum atomic E-state index is -0.0388. The Bertz CT molecular complexity index is 708. The highest BCUT2D eigenvalue weighted by molar-refractivity contribution is 5.96. The molecule has 0 aliphatic carbocycles. The van der Waals surface area contributed by atoms with Gasteiger partial charge < -0.3 is 9.64 Å². The monoisotopic (exact) mass is 314 g/mol. The SMILES string of the molecule is CCOc1ncccc1C(=O)N1CCc2[nH]nc(C(C)C)c2C1. The van der Waals surface area contributed by atoms with Crippen LogP contribution in [-0.2, 0) is 13.0 Å². The van der Waals surface area contributed by atoms with Crippen LogP contribution >= 0.6 is 0 Å². The molecule has 1 amide bonds. The Kier molecular flexibility index (Phi) is 4.32. The van der Waals surface area contributed by atoms with E-state index in [2.05, 4.69) is 29.0 Å². The Morgan fingerprint density at radius 2 is 2.30 bits per heavy atom. The number of hydrogen-bond donors (Lipinski definition) is 1. The molecule has 6 nitrogen and oxygen atoms in total. The molecule has 3 rings (SSSR count). The summed E-state index contributed by atoms with van der Waals surface area (Å²) in [7, 11) is 0. The number of carbonyl (C=O) groups is 1. The molecule has 1 aliphatic heterocycles. The van der Waals surface area contributed by atoms with Gasteiger partial charge >= 0.3 is 0 Å². The zero-order valence-corrected chi connectivity index (χ0v) is 13.8. The second kappa shape index (κ2) is 6.40. The number of aromatic amines is 1. The molecule has 2 aromatic rings. The maximum absolute atomic E-state index is 12.9. The van der Waals surface area contributed by atoms with Gasteiger partial charge in [-0.3, -0.25) is 9.89 Å². The van der Waals surface area contributed by atoms with Crippen LogP contribution in [0.25, 0.3) is 0 Å². The van der Waals surface area contributed by atoms with E-state index in [4.69, 9.17) is 4.74 Å². The van der Waals surface area contributed by atoms with Gasteiger partial charge in [0.1, 0.15) is 5.56 Å². The number of amides is 1. The fourth-order valence-electron chi connectivity index (χ4n) is 2.94. The van der Waals surface area contributed by atoms with Crippen molar-refractivity contribution in [1.82, 2.24) is 20.1 Å². The van der Waals surface area contributed by atoms with Crippen molar-refractivity contribution in [2.75, 3.05) is 13.2 Å². The number of pyridine rings is 1. The third-order valence-corrected chi connectivity index (χ3v) is 4.08. The second-order valence-corrected chi connectivity index (χ2v) is 5.99. The molecule has 0 atom stereocenters. The van der Waals surface area contributed by atoms with Gasteiger partial charge in [-0.25, -0.2) is 4.98 Å². The van der Waals surface area contributed by atoms with Crippen LogP contribution < -0.4 is 4.74 Å². The van der Waals surface area contributed by atoms with Gasteiger partial charge in [0.25, 0.3) is 5.91 Å². The maximum atomic E-state index is 12.9. The first kappa shape index (κ1) is 15.5. The first-order valence-corrected chi connectivity index (χ1v) is 8.04. The summed E-state index contributed by atoms with van der Waals surface area (Å²) in [6, 6.07) is 3.54. The molecule has 23 heavy (non-hydrogen) atoms. The van der Waals surface area contributed by atoms with E-state index in [9.17, 15) is 4.79 Å². The van der Waals surface area contributed by atoms with Crippen LogP contribution in [0.2, 0.25) is 0 Å². The number of hydrogen-bond acceptors (Lipinski definition) is 4. The minimum absolute atomic E-state index is 0.0388. The molecule has 0 fully saturated rings. The van der Waals surface area contributed by atoms with E-state index in [0.717, 1.165) is 23.4 Å². The van der Waals surface area contributed by atoms with E-state index in [1.54, 1.807) is 18.3 Å². The lowest BCUT2D eigenvalue weighted by Crippen LogP contribution is -2.36. The molecule has 0 unspecified atom stereocenters. The van der Waals surface area contributed by atoms with Gasteiger partial charge in [-0.15, -0.1) is 0 Å². The van der Waals surface area contributed by atoms with Crippen molar-refractivity contribution < 1.29 is 9.53 Å². The lowest BCUT2D eigenvalue weighted by molar-refractivity contribution is 0.0728. The molecule has 1 aliphatic rings. The highest BCUT2D eigenvalue weighted by Gasteiger charge is 2.28. The average Bonchev–Trinajstić information content (AvgIpc) is 2.98. The lowest BCUT2D eigenvalue weighted by atomic mass is 9.99. The molecule has 0 radical (unpaired) electrons. The predicted molar refractivity (Wildman–Crippen MR) is 86.5 cm³/mol. The third kappa shape index (κ3) is 2.93. The Balaban J connectivity index is 1.86. The fourth-order valence-corrected chi connectivity index (χ4v) is 2.94. The fraction of sp³-hybridized carbons (Fsp3) is 0.471. The Hall–Kier alpha value is -2.37. The molecule has 6 heteroatoms. The zero-order chi connectivity index (χ0) is 16.4. The van der Waals surface area contributed by atoms with Crippen molar-refractivity contribution in [3.05, 3.63) is 40.8 Å². The number of carbonyl (C=O) groups excluding carboxylic acids is 1. The van der Waals surface area contributed by atoms with E-state index in [1.165, 1.54) is 0 Å². The molecule has 0 saturated heterocycles. The molecule has 0 bridgehead atoms. The van der Waals surface area contributed by atoms with Gasteiger partial charge in [0.05, 0.1) is 12.3 Å². The number of ether oxygens (including phenoxy) is 1. The van der Waals surface area contributed by atoms with Crippen molar-refractivity contribution >= 4 is 5.91 Å². The number of fused-ring (bicyclic) bond motifs is 1. The Labute approximate surface area is 135 Å². The normalized spacial score (nSPS) is 14.0. The number of nitrogens with zero attached hydrogens (tertiary/aromatic N) is 3. The Morgan fingerprint density at radius 1 is 1.48 bits per heavy atom. The molecule has 0 spiro atoms. The van der Waals surface area contributed by atoms with Crippen LogP contribution in [0, 0.1) is 0 Å². The van der Waals surface area contributed by atoms with Crippen molar-refractivity contribution in [3.8, 4) is 5.88 Å². The summed E-state index contributed by atoms with van der Waals surface area (Å²) in [5, 5.41) is 7.52. The van der Waals surface area contributed by atoms with Crippen LogP contribution in [0.1, 0.15) is 54.0 Å². The average molecular weight is 314 g/mol. The van der Waals surface area contributed by atoms with Gasteiger partial charge in [-0.05, 0) is 25.0 Å². The topological polar surface area (TPSA) is 71.1 Å². The van der Waals surface area contributed by atoms with Gasteiger partial charge in [-0.1, -0.05) is 13.8 Å². The molecule has 122 valence electrons. The van der Waals surface area contributed by atoms with Crippen LogP contribution in [0.3, 0.4) is 0 Å². The summed E-state index contributed by atoms with van der Waals surface area (Å²) in [5.41, 5.74) is 3.87. The van der Waals surface area contributed by atoms with Crippen LogP contribution in [0.4, 0.5) is 0 Å². The molecule has 2 aromatic heterocycles. The molecular weight excluding hydrogens is 292 g/mol. The minimum Gasteiger partial charge on any atom is -0.477 e. The predicted octanol–water partition coefficient (Wildman–Crippen LogP) is 2.53. The molecule has 0 saturated carbocycles. The van der Waals surface area contributed by atoms with Crippen molar-refractivity contribution in [3.63, 3.8) is 0 Å². The largest absolute Gasteiger partial charge is 0.477 e. The highest BCUT2D eigenvalue weighted by atomic mass is 16.5. The number of nitrogens with one attached hydrogen (secondary N) is 1. The van der Waals surface area contributed by atoms with Crippen molar-refractivity contribution in [2.24, 2.45) is 0 Å². The maximum Gasteiger partial charge on any atom is 0.259 e. The van der Waals surface area contributed by atoms with E-state index in [1.807, 2.05) is 11.8 Å². The first-order chi connectivity index (χ1) is 11.1. The summed E-state index contributed by atoms with van der Waals surface area (Å²) in [6.07, 6.45) is 2.44. The van der Waals surface area contributed by atoms with E-state index >= 15 is 0 Å². The van der Waals surface area contributed by atoms with Crippen molar-refractivity contribution in [1.29, 1.82) is 0 Å². The summed E-state index contributed by atoms with van der Waals surface area (Å²) in [4.78, 5) is 18.9. The first-order valence-electron chi connectivity index (χ1n) is 8.04. The van der Waals surface area contributed by atoms with E-state index in [-0.39, 0.29) is 5.91 Å². The summed E-state index contributed by atoms with van der Waals surface area (Å²) >= 11 is 0. The van der Waals surface area contributed by atoms with Crippen molar-refractivity contribution in [2.45, 2.75) is 39.7 Å². The molecule has 1 N–H and O–H groups in total.